The summed E-state index contributed by atoms with van der Waals surface area (Å²) >= 11 is 0. The number of rotatable bonds is 9. The standard InChI is InChI=1S/C15H22N2O5.ClH/c1-20-9-12(16)14(18)17-13(10-21-2)15(19)22-8-11-6-4-3-5-7-11;/h3-7,12-13H,8-10,16H2,1-2H3,(H,17,18);1H/t12-,13-;/m0./s1. The molecule has 0 unspecified atom stereocenters. The monoisotopic (exact) mass is 346 g/mol. The van der Waals surface area contributed by atoms with Crippen LogP contribution in [0.3, 0.4) is 0 Å². The SMILES string of the molecule is COC[C@H](NC(=O)[C@@H](N)COC)C(=O)OCc1ccccc1.Cl. The van der Waals surface area contributed by atoms with Crippen molar-refractivity contribution in [2.24, 2.45) is 5.73 Å². The molecule has 1 aromatic carbocycles. The first-order chi connectivity index (χ1) is 10.6. The average Bonchev–Trinajstić information content (AvgIpc) is 2.53. The summed E-state index contributed by atoms with van der Waals surface area (Å²) < 4.78 is 14.9. The molecule has 1 amide bonds. The molecule has 0 aromatic heterocycles. The van der Waals surface area contributed by atoms with Crippen LogP contribution in [-0.4, -0.2) is 51.4 Å². The van der Waals surface area contributed by atoms with E-state index < -0.39 is 24.0 Å². The van der Waals surface area contributed by atoms with E-state index in [-0.39, 0.29) is 32.2 Å². The van der Waals surface area contributed by atoms with Crippen LogP contribution < -0.4 is 11.1 Å². The minimum absolute atomic E-state index is 0. The van der Waals surface area contributed by atoms with Gasteiger partial charge in [-0.3, -0.25) is 4.79 Å². The minimum atomic E-state index is -0.913. The van der Waals surface area contributed by atoms with Crippen molar-refractivity contribution in [1.29, 1.82) is 0 Å². The average molecular weight is 347 g/mol. The first-order valence-electron chi connectivity index (χ1n) is 6.82. The molecule has 0 saturated heterocycles. The van der Waals surface area contributed by atoms with Crippen LogP contribution in [0.1, 0.15) is 5.56 Å². The van der Waals surface area contributed by atoms with E-state index in [4.69, 9.17) is 19.9 Å². The lowest BCUT2D eigenvalue weighted by atomic mass is 10.2. The Morgan fingerprint density at radius 3 is 2.30 bits per heavy atom. The van der Waals surface area contributed by atoms with Crippen LogP contribution in [0.25, 0.3) is 0 Å². The quantitative estimate of drug-likeness (QED) is 0.622. The molecule has 0 saturated carbocycles. The van der Waals surface area contributed by atoms with E-state index in [0.717, 1.165) is 5.56 Å². The highest BCUT2D eigenvalue weighted by molar-refractivity contribution is 5.87. The van der Waals surface area contributed by atoms with Crippen molar-refractivity contribution >= 4 is 24.3 Å². The third kappa shape index (κ3) is 7.94. The topological polar surface area (TPSA) is 99.9 Å². The van der Waals surface area contributed by atoms with Crippen molar-refractivity contribution in [3.63, 3.8) is 0 Å². The molecular formula is C15H23ClN2O5. The van der Waals surface area contributed by atoms with Gasteiger partial charge < -0.3 is 25.3 Å². The summed E-state index contributed by atoms with van der Waals surface area (Å²) in [5.41, 5.74) is 6.46. The van der Waals surface area contributed by atoms with Crippen LogP contribution in [0.5, 0.6) is 0 Å². The molecule has 0 heterocycles. The smallest absolute Gasteiger partial charge is 0.331 e. The van der Waals surface area contributed by atoms with Crippen molar-refractivity contribution < 1.29 is 23.8 Å². The Bertz CT molecular complexity index is 472. The fraction of sp³-hybridized carbons (Fsp3) is 0.467. The number of hydrogen-bond donors (Lipinski definition) is 2. The highest BCUT2D eigenvalue weighted by Gasteiger charge is 2.25. The van der Waals surface area contributed by atoms with E-state index in [9.17, 15) is 9.59 Å². The van der Waals surface area contributed by atoms with Crippen LogP contribution >= 0.6 is 12.4 Å². The van der Waals surface area contributed by atoms with E-state index in [2.05, 4.69) is 5.32 Å². The van der Waals surface area contributed by atoms with Gasteiger partial charge in [0, 0.05) is 14.2 Å². The van der Waals surface area contributed by atoms with E-state index in [0.29, 0.717) is 0 Å². The molecule has 1 rings (SSSR count). The number of nitrogens with two attached hydrogens (primary N) is 1. The second-order valence-electron chi connectivity index (χ2n) is 4.67. The lowest BCUT2D eigenvalue weighted by molar-refractivity contribution is -0.150. The molecule has 2 atom stereocenters. The summed E-state index contributed by atoms with van der Waals surface area (Å²) in [6, 6.07) is 7.48. The third-order valence-corrected chi connectivity index (χ3v) is 2.84. The molecule has 0 aliphatic rings. The normalized spacial score (nSPS) is 12.7. The third-order valence-electron chi connectivity index (χ3n) is 2.84. The molecular weight excluding hydrogens is 324 g/mol. The van der Waals surface area contributed by atoms with Crippen molar-refractivity contribution in [2.45, 2.75) is 18.7 Å². The maximum atomic E-state index is 12.0. The Morgan fingerprint density at radius 2 is 1.74 bits per heavy atom. The van der Waals surface area contributed by atoms with Gasteiger partial charge in [-0.1, -0.05) is 30.3 Å². The fourth-order valence-corrected chi connectivity index (χ4v) is 1.70. The number of methoxy groups -OCH3 is 2. The number of esters is 1. The zero-order valence-corrected chi connectivity index (χ0v) is 14.0. The maximum Gasteiger partial charge on any atom is 0.331 e. The van der Waals surface area contributed by atoms with E-state index in [1.807, 2.05) is 30.3 Å². The predicted octanol–water partition coefficient (Wildman–Crippen LogP) is 0.257. The molecule has 0 fully saturated rings. The van der Waals surface area contributed by atoms with Crippen LogP contribution in [0.4, 0.5) is 0 Å². The summed E-state index contributed by atoms with van der Waals surface area (Å²) in [6.07, 6.45) is 0. The lowest BCUT2D eigenvalue weighted by Crippen LogP contribution is -2.52. The van der Waals surface area contributed by atoms with Gasteiger partial charge in [0.1, 0.15) is 12.6 Å². The minimum Gasteiger partial charge on any atom is -0.459 e. The number of hydrogen-bond acceptors (Lipinski definition) is 6. The van der Waals surface area contributed by atoms with Crippen molar-refractivity contribution in [2.75, 3.05) is 27.4 Å². The molecule has 7 nitrogen and oxygen atoms in total. The number of carbonyl (C=O) groups is 2. The van der Waals surface area contributed by atoms with E-state index in [1.54, 1.807) is 0 Å². The molecule has 0 aliphatic carbocycles. The Hall–Kier alpha value is -1.67. The Balaban J connectivity index is 0.00000484. The second kappa shape index (κ2) is 11.8. The molecule has 1 aromatic rings. The zero-order chi connectivity index (χ0) is 16.4. The number of carbonyl (C=O) groups excluding carboxylic acids is 2. The second-order valence-corrected chi connectivity index (χ2v) is 4.67. The van der Waals surface area contributed by atoms with Gasteiger partial charge >= 0.3 is 5.97 Å². The molecule has 0 spiro atoms. The summed E-state index contributed by atoms with van der Waals surface area (Å²) in [6.45, 7) is 0.184. The summed E-state index contributed by atoms with van der Waals surface area (Å²) in [4.78, 5) is 23.9. The molecule has 8 heteroatoms. The van der Waals surface area contributed by atoms with Gasteiger partial charge in [0.25, 0.3) is 0 Å². The molecule has 0 radical (unpaired) electrons. The first-order valence-corrected chi connectivity index (χ1v) is 6.82. The maximum absolute atomic E-state index is 12.0. The van der Waals surface area contributed by atoms with E-state index >= 15 is 0 Å². The van der Waals surface area contributed by atoms with Gasteiger partial charge in [-0.25, -0.2) is 4.79 Å². The van der Waals surface area contributed by atoms with Gasteiger partial charge in [-0.2, -0.15) is 0 Å². The predicted molar refractivity (Wildman–Crippen MR) is 87.1 cm³/mol. The number of benzene rings is 1. The first kappa shape index (κ1) is 21.3. The van der Waals surface area contributed by atoms with Crippen LogP contribution in [0, 0.1) is 0 Å². The molecule has 0 aliphatic heterocycles. The van der Waals surface area contributed by atoms with Crippen LogP contribution in [0.2, 0.25) is 0 Å². The van der Waals surface area contributed by atoms with Gasteiger partial charge in [-0.05, 0) is 5.56 Å². The largest absolute Gasteiger partial charge is 0.459 e. The number of ether oxygens (including phenoxy) is 3. The van der Waals surface area contributed by atoms with Gasteiger partial charge in [0.15, 0.2) is 6.04 Å². The highest BCUT2D eigenvalue weighted by atomic mass is 35.5. The lowest BCUT2D eigenvalue weighted by Gasteiger charge is -2.19. The Kier molecular flexibility index (Phi) is 11.0. The Labute approximate surface area is 141 Å². The summed E-state index contributed by atoms with van der Waals surface area (Å²) in [5.74, 6) is -1.08. The van der Waals surface area contributed by atoms with Crippen molar-refractivity contribution in [3.05, 3.63) is 35.9 Å². The Morgan fingerprint density at radius 1 is 1.13 bits per heavy atom. The van der Waals surface area contributed by atoms with Crippen molar-refractivity contribution in [1.82, 2.24) is 5.32 Å². The summed E-state index contributed by atoms with van der Waals surface area (Å²) in [5, 5.41) is 2.50. The zero-order valence-electron chi connectivity index (χ0n) is 13.2. The molecule has 23 heavy (non-hydrogen) atoms. The van der Waals surface area contributed by atoms with Crippen LogP contribution in [0.15, 0.2) is 30.3 Å². The highest BCUT2D eigenvalue weighted by Crippen LogP contribution is 2.02. The molecule has 3 N–H and O–H groups in total. The van der Waals surface area contributed by atoms with Gasteiger partial charge in [0.05, 0.1) is 13.2 Å². The molecule has 130 valence electrons. The number of amides is 1. The number of nitrogens with one attached hydrogen (secondary N) is 1. The summed E-state index contributed by atoms with van der Waals surface area (Å²) in [7, 11) is 2.87. The van der Waals surface area contributed by atoms with Crippen molar-refractivity contribution in [3.8, 4) is 0 Å². The van der Waals surface area contributed by atoms with Crippen LogP contribution in [-0.2, 0) is 30.4 Å². The van der Waals surface area contributed by atoms with Gasteiger partial charge in [0.2, 0.25) is 5.91 Å². The van der Waals surface area contributed by atoms with Gasteiger partial charge in [-0.15, -0.1) is 12.4 Å². The van der Waals surface area contributed by atoms with E-state index in [1.165, 1.54) is 14.2 Å². The fourth-order valence-electron chi connectivity index (χ4n) is 1.70. The number of halogens is 1. The molecule has 0 bridgehead atoms.